The van der Waals surface area contributed by atoms with Crippen molar-refractivity contribution < 1.29 is 17.9 Å². The molecule has 2 aromatic carbocycles. The van der Waals surface area contributed by atoms with Crippen LogP contribution in [0, 0.1) is 0 Å². The van der Waals surface area contributed by atoms with Crippen LogP contribution in [0.1, 0.15) is 23.9 Å². The molecule has 0 aliphatic rings. The molecule has 0 aliphatic carbocycles. The van der Waals surface area contributed by atoms with Gasteiger partial charge in [-0.1, -0.05) is 54.6 Å². The third kappa shape index (κ3) is 7.22. The molecule has 0 unspecified atom stereocenters. The standard InChI is InChI=1S/C26H25F3N6O/c1-18(14-19-8-3-2-4-9-19)30-15-20-10-7-11-21(32-20)16-36-25-23-13-6-5-12-22(23)24(34-35-25)33-31-17-26(27,28)29/h2-13,17-18,30H,14-16H2,1H3,(H,33,34)/b31-17+/t18-/m0/s1. The van der Waals surface area contributed by atoms with Gasteiger partial charge in [0.2, 0.25) is 5.88 Å². The lowest BCUT2D eigenvalue weighted by Gasteiger charge is -2.14. The van der Waals surface area contributed by atoms with E-state index in [0.717, 1.165) is 12.1 Å². The summed E-state index contributed by atoms with van der Waals surface area (Å²) in [6.07, 6.45) is -3.76. The van der Waals surface area contributed by atoms with Crippen molar-refractivity contribution in [3.63, 3.8) is 0 Å². The van der Waals surface area contributed by atoms with Crippen LogP contribution in [0.3, 0.4) is 0 Å². The van der Waals surface area contributed by atoms with Crippen LogP contribution in [0.15, 0.2) is 77.9 Å². The van der Waals surface area contributed by atoms with Crippen LogP contribution in [-0.4, -0.2) is 33.6 Å². The minimum atomic E-state index is -4.53. The SMILES string of the molecule is C[C@@H](Cc1ccccc1)NCc1cccc(COc2nnc(N/N=C/C(F)(F)F)c3ccccc23)n1. The van der Waals surface area contributed by atoms with E-state index in [1.807, 2.05) is 36.4 Å². The van der Waals surface area contributed by atoms with Gasteiger partial charge in [0.1, 0.15) is 12.8 Å². The summed E-state index contributed by atoms with van der Waals surface area (Å²) in [5.41, 5.74) is 5.16. The van der Waals surface area contributed by atoms with Gasteiger partial charge in [-0.15, -0.1) is 10.2 Å². The van der Waals surface area contributed by atoms with E-state index in [-0.39, 0.29) is 30.6 Å². The molecule has 186 valence electrons. The molecule has 0 bridgehead atoms. The number of nitrogens with zero attached hydrogens (tertiary/aromatic N) is 4. The number of ether oxygens (including phenoxy) is 1. The molecule has 0 fully saturated rings. The van der Waals surface area contributed by atoms with E-state index >= 15 is 0 Å². The van der Waals surface area contributed by atoms with Crippen molar-refractivity contribution in [1.82, 2.24) is 20.5 Å². The molecule has 0 spiro atoms. The van der Waals surface area contributed by atoms with Crippen molar-refractivity contribution in [2.45, 2.75) is 38.7 Å². The highest BCUT2D eigenvalue weighted by atomic mass is 19.4. The lowest BCUT2D eigenvalue weighted by molar-refractivity contribution is -0.0536. The average molecular weight is 495 g/mol. The monoisotopic (exact) mass is 494 g/mol. The Labute approximate surface area is 206 Å². The first-order chi connectivity index (χ1) is 17.4. The Morgan fingerprint density at radius 3 is 2.42 bits per heavy atom. The number of alkyl halides is 3. The third-order valence-corrected chi connectivity index (χ3v) is 5.27. The Morgan fingerprint density at radius 1 is 0.917 bits per heavy atom. The third-order valence-electron chi connectivity index (χ3n) is 5.27. The summed E-state index contributed by atoms with van der Waals surface area (Å²) in [6.45, 7) is 2.91. The van der Waals surface area contributed by atoms with E-state index in [1.54, 1.807) is 24.3 Å². The highest BCUT2D eigenvalue weighted by Crippen LogP contribution is 2.28. The maximum atomic E-state index is 12.3. The summed E-state index contributed by atoms with van der Waals surface area (Å²) in [5, 5.41) is 15.8. The van der Waals surface area contributed by atoms with Gasteiger partial charge in [-0.05, 0) is 37.1 Å². The van der Waals surface area contributed by atoms with Crippen LogP contribution in [0.2, 0.25) is 0 Å². The summed E-state index contributed by atoms with van der Waals surface area (Å²) in [4.78, 5) is 4.65. The van der Waals surface area contributed by atoms with Crippen LogP contribution < -0.4 is 15.5 Å². The summed E-state index contributed by atoms with van der Waals surface area (Å²) in [5.74, 6) is 0.340. The zero-order valence-electron chi connectivity index (χ0n) is 19.5. The highest BCUT2D eigenvalue weighted by molar-refractivity contribution is 5.94. The number of rotatable bonds is 10. The molecular formula is C26H25F3N6O. The van der Waals surface area contributed by atoms with Crippen molar-refractivity contribution in [3.8, 4) is 5.88 Å². The van der Waals surface area contributed by atoms with Gasteiger partial charge in [-0.3, -0.25) is 10.4 Å². The summed E-state index contributed by atoms with van der Waals surface area (Å²) >= 11 is 0. The number of hydrogen-bond acceptors (Lipinski definition) is 7. The Bertz CT molecular complexity index is 1310. The number of pyridine rings is 1. The largest absolute Gasteiger partial charge is 0.470 e. The molecule has 2 heterocycles. The van der Waals surface area contributed by atoms with Crippen molar-refractivity contribution in [1.29, 1.82) is 0 Å². The zero-order valence-corrected chi connectivity index (χ0v) is 19.5. The molecule has 10 heteroatoms. The van der Waals surface area contributed by atoms with E-state index in [0.29, 0.717) is 23.0 Å². The summed E-state index contributed by atoms with van der Waals surface area (Å²) in [6, 6.07) is 23.3. The Morgan fingerprint density at radius 2 is 1.64 bits per heavy atom. The maximum absolute atomic E-state index is 12.3. The number of hydrogen-bond donors (Lipinski definition) is 2. The lowest BCUT2D eigenvalue weighted by Crippen LogP contribution is -2.28. The quantitative estimate of drug-likeness (QED) is 0.230. The minimum absolute atomic E-state index is 0.0919. The highest BCUT2D eigenvalue weighted by Gasteiger charge is 2.24. The molecule has 0 saturated carbocycles. The molecule has 0 saturated heterocycles. The fraction of sp³-hybridized carbons (Fsp3) is 0.231. The van der Waals surface area contributed by atoms with Gasteiger partial charge in [0, 0.05) is 23.4 Å². The molecule has 1 atom stereocenters. The molecule has 2 N–H and O–H groups in total. The Balaban J connectivity index is 1.38. The first-order valence-corrected chi connectivity index (χ1v) is 11.3. The maximum Gasteiger partial charge on any atom is 0.428 e. The van der Waals surface area contributed by atoms with Crippen molar-refractivity contribution in [2.75, 3.05) is 5.43 Å². The first kappa shape index (κ1) is 25.1. The second kappa shape index (κ2) is 11.6. The van der Waals surface area contributed by atoms with Crippen LogP contribution in [0.25, 0.3) is 10.8 Å². The lowest BCUT2D eigenvalue weighted by atomic mass is 10.1. The van der Waals surface area contributed by atoms with Gasteiger partial charge in [0.15, 0.2) is 5.82 Å². The molecule has 7 nitrogen and oxygen atoms in total. The van der Waals surface area contributed by atoms with E-state index in [9.17, 15) is 13.2 Å². The van der Waals surface area contributed by atoms with Gasteiger partial charge < -0.3 is 10.1 Å². The second-order valence-electron chi connectivity index (χ2n) is 8.19. The number of anilines is 1. The van der Waals surface area contributed by atoms with E-state index in [4.69, 9.17) is 4.74 Å². The number of aromatic nitrogens is 3. The van der Waals surface area contributed by atoms with Crippen molar-refractivity contribution in [2.24, 2.45) is 5.10 Å². The number of halogens is 3. The van der Waals surface area contributed by atoms with Gasteiger partial charge in [0.05, 0.1) is 11.4 Å². The van der Waals surface area contributed by atoms with Crippen LogP contribution in [0.4, 0.5) is 19.0 Å². The molecule has 0 radical (unpaired) electrons. The normalized spacial score (nSPS) is 12.7. The predicted molar refractivity (Wildman–Crippen MR) is 133 cm³/mol. The number of hydrazone groups is 1. The summed E-state index contributed by atoms with van der Waals surface area (Å²) < 4.78 is 42.9. The number of fused-ring (bicyclic) bond motifs is 1. The minimum Gasteiger partial charge on any atom is -0.470 e. The van der Waals surface area contributed by atoms with E-state index in [1.165, 1.54) is 5.56 Å². The van der Waals surface area contributed by atoms with E-state index in [2.05, 4.69) is 50.1 Å². The topological polar surface area (TPSA) is 84.3 Å². The molecule has 2 aromatic heterocycles. The molecular weight excluding hydrogens is 469 g/mol. The predicted octanol–water partition coefficient (Wildman–Crippen LogP) is 5.28. The average Bonchev–Trinajstić information content (AvgIpc) is 2.87. The fourth-order valence-corrected chi connectivity index (χ4v) is 3.60. The van der Waals surface area contributed by atoms with Crippen LogP contribution in [0.5, 0.6) is 5.88 Å². The Kier molecular flexibility index (Phi) is 8.06. The Hall–Kier alpha value is -4.05. The molecule has 36 heavy (non-hydrogen) atoms. The first-order valence-electron chi connectivity index (χ1n) is 11.3. The zero-order chi connectivity index (χ0) is 25.4. The molecule has 0 amide bonds. The number of nitrogens with one attached hydrogen (secondary N) is 2. The van der Waals surface area contributed by atoms with Gasteiger partial charge in [0.25, 0.3) is 0 Å². The van der Waals surface area contributed by atoms with Crippen LogP contribution >= 0.6 is 0 Å². The van der Waals surface area contributed by atoms with Gasteiger partial charge in [-0.25, -0.2) is 0 Å². The fourth-order valence-electron chi connectivity index (χ4n) is 3.60. The smallest absolute Gasteiger partial charge is 0.428 e. The summed E-state index contributed by atoms with van der Waals surface area (Å²) in [7, 11) is 0. The van der Waals surface area contributed by atoms with Gasteiger partial charge in [-0.2, -0.15) is 18.3 Å². The van der Waals surface area contributed by atoms with Crippen molar-refractivity contribution >= 4 is 22.8 Å². The molecule has 4 rings (SSSR count). The molecule has 4 aromatic rings. The second-order valence-corrected chi connectivity index (χ2v) is 8.19. The van der Waals surface area contributed by atoms with Crippen molar-refractivity contribution in [3.05, 3.63) is 89.7 Å². The molecule has 0 aliphatic heterocycles. The van der Waals surface area contributed by atoms with Gasteiger partial charge >= 0.3 is 6.18 Å². The van der Waals surface area contributed by atoms with Crippen LogP contribution in [-0.2, 0) is 19.6 Å². The number of benzene rings is 2. The van der Waals surface area contributed by atoms with E-state index < -0.39 is 6.18 Å².